The monoisotopic (exact) mass is 446 g/mol. The summed E-state index contributed by atoms with van der Waals surface area (Å²) in [6.07, 6.45) is 0. The molecule has 60 valence electrons. The first-order valence-corrected chi connectivity index (χ1v) is 1.10. The fourth-order valence-corrected chi connectivity index (χ4v) is 0. The summed E-state index contributed by atoms with van der Waals surface area (Å²) < 4.78 is 0. The molecule has 0 atom stereocenters. The summed E-state index contributed by atoms with van der Waals surface area (Å²) in [6, 6.07) is 0. The van der Waals surface area contributed by atoms with Crippen LogP contribution in [0.4, 0.5) is 0 Å². The molecule has 0 unspecified atom stereocenters. The van der Waals surface area contributed by atoms with Gasteiger partial charge in [-0.1, -0.05) is 0 Å². The molecule has 0 aliphatic rings. The topological polar surface area (TPSA) is 132 Å². The van der Waals surface area contributed by atoms with Gasteiger partial charge < -0.3 is 30.6 Å². The molecule has 2 radical (unpaired) electrons. The van der Waals surface area contributed by atoms with E-state index in [1.165, 1.54) is 0 Å². The fourth-order valence-electron chi connectivity index (χ4n) is 0. The zero-order chi connectivity index (χ0) is 7.15. The van der Waals surface area contributed by atoms with Crippen LogP contribution in [0.2, 0.25) is 0 Å². The molecule has 0 saturated heterocycles. The normalized spacial score (nSPS) is 4.80. The van der Waals surface area contributed by atoms with Gasteiger partial charge in [-0.25, -0.2) is 0 Å². The third-order valence-electron chi connectivity index (χ3n) is 0. The van der Waals surface area contributed by atoms with Crippen molar-refractivity contribution in [2.45, 2.75) is 0 Å². The van der Waals surface area contributed by atoms with Gasteiger partial charge in [-0.3, -0.25) is 0 Å². The van der Waals surface area contributed by atoms with Gasteiger partial charge in [0.2, 0.25) is 0 Å². The summed E-state index contributed by atoms with van der Waals surface area (Å²) in [5, 5.41) is 29.5. The van der Waals surface area contributed by atoms with Crippen LogP contribution in [0.25, 0.3) is 0 Å². The Morgan fingerprint density at radius 1 is 0.800 bits per heavy atom. The molecule has 0 amide bonds. The first-order chi connectivity index (χ1) is 3.46. The maximum atomic E-state index is 8.25. The van der Waals surface area contributed by atoms with Gasteiger partial charge in [0.25, 0.3) is 0 Å². The van der Waals surface area contributed by atoms with Crippen molar-refractivity contribution in [3.8, 4) is 0 Å². The van der Waals surface area contributed by atoms with Gasteiger partial charge in [-0.05, 0) is 0 Å². The summed E-state index contributed by atoms with van der Waals surface area (Å²) in [5.74, 6) is 0. The van der Waals surface area contributed by atoms with Crippen LogP contribution in [-0.2, 0) is 0 Å². The molecule has 0 fully saturated rings. The van der Waals surface area contributed by atoms with Crippen LogP contribution in [0.15, 0.2) is 0 Å². The maximum absolute atomic E-state index is 8.25. The quantitative estimate of drug-likeness (QED) is 0.367. The standard InChI is InChI=1S/Dy.Gd.2NO3/c;;2*2-1(3)4/q2*+3;2*-1. The number of hydrogen-bond acceptors (Lipinski definition) is 6. The Morgan fingerprint density at radius 2 is 0.800 bits per heavy atom. The molecule has 0 N–H and O–H groups in total. The van der Waals surface area contributed by atoms with E-state index in [2.05, 4.69) is 0 Å². The van der Waals surface area contributed by atoms with E-state index in [1.807, 2.05) is 0 Å². The molecule has 0 spiro atoms. The van der Waals surface area contributed by atoms with Crippen molar-refractivity contribution in [1.29, 1.82) is 0 Å². The fraction of sp³-hybridized carbons (Fsp3) is 0. The van der Waals surface area contributed by atoms with E-state index >= 15 is 0 Å². The van der Waals surface area contributed by atoms with Crippen molar-refractivity contribution >= 4 is 0 Å². The molecule has 8 nitrogen and oxygen atoms in total. The van der Waals surface area contributed by atoms with Crippen molar-refractivity contribution in [3.63, 3.8) is 0 Å². The molecule has 0 aromatic carbocycles. The van der Waals surface area contributed by atoms with Crippen LogP contribution in [0.3, 0.4) is 0 Å². The average Bonchev–Trinajstić information content (AvgIpc) is 1.25. The van der Waals surface area contributed by atoms with Crippen LogP contribution in [0.5, 0.6) is 0 Å². The molecule has 10 heteroatoms. The molecular formula is DyGdN2O6+4. The van der Waals surface area contributed by atoms with Gasteiger partial charge >= 0.3 is 78.1 Å². The predicted octanol–water partition coefficient (Wildman–Crippen LogP) is -0.478. The molecule has 0 aliphatic heterocycles. The minimum atomic E-state index is -1.75. The molecule has 0 aliphatic carbocycles. The Bertz CT molecular complexity index is 73.7. The summed E-state index contributed by atoms with van der Waals surface area (Å²) in [6.45, 7) is 0. The summed E-state index contributed by atoms with van der Waals surface area (Å²) in [7, 11) is 0. The summed E-state index contributed by atoms with van der Waals surface area (Å²) in [5.41, 5.74) is 0. The van der Waals surface area contributed by atoms with E-state index in [1.54, 1.807) is 0 Å². The van der Waals surface area contributed by atoms with Crippen LogP contribution in [0.1, 0.15) is 0 Å². The average molecular weight is 444 g/mol. The van der Waals surface area contributed by atoms with Crippen LogP contribution in [-0.4, -0.2) is 10.2 Å². The van der Waals surface area contributed by atoms with E-state index in [-0.39, 0.29) is 78.1 Å². The summed E-state index contributed by atoms with van der Waals surface area (Å²) in [4.78, 5) is 16.5. The Hall–Kier alpha value is 0.997. The van der Waals surface area contributed by atoms with Crippen LogP contribution in [0, 0.1) is 109 Å². The zero-order valence-corrected chi connectivity index (χ0v) is 8.31. The second kappa shape index (κ2) is 16.5. The predicted molar refractivity (Wildman–Crippen MR) is 20.7 cm³/mol. The molecule has 10 heavy (non-hydrogen) atoms. The van der Waals surface area contributed by atoms with E-state index in [9.17, 15) is 0 Å². The molecule has 0 aromatic heterocycles. The van der Waals surface area contributed by atoms with Crippen molar-refractivity contribution in [2.75, 3.05) is 0 Å². The molecule has 0 bridgehead atoms. The van der Waals surface area contributed by atoms with Gasteiger partial charge in [0, 0.05) is 0 Å². The van der Waals surface area contributed by atoms with Crippen molar-refractivity contribution in [1.82, 2.24) is 0 Å². The first-order valence-electron chi connectivity index (χ1n) is 1.10. The summed E-state index contributed by atoms with van der Waals surface area (Å²) >= 11 is 0. The zero-order valence-electron chi connectivity index (χ0n) is 4.01. The SMILES string of the molecule is O=[N+]([O-])[O-].O=[N+]([O-])[O-].[Dy+3].[Gd+3]. The van der Waals surface area contributed by atoms with Gasteiger partial charge in [0.05, 0.1) is 10.2 Å². The largest absolute Gasteiger partial charge is 3.00 e. The molecule has 0 saturated carbocycles. The van der Waals surface area contributed by atoms with Crippen LogP contribution >= 0.6 is 0 Å². The number of nitrogens with zero attached hydrogens (tertiary/aromatic N) is 2. The van der Waals surface area contributed by atoms with Crippen molar-refractivity contribution in [2.24, 2.45) is 0 Å². The molecule has 0 heterocycles. The number of rotatable bonds is 0. The Kier molecular flexibility index (Phi) is 37.1. The Labute approximate surface area is 117 Å². The van der Waals surface area contributed by atoms with Gasteiger partial charge in [-0.2, -0.15) is 0 Å². The van der Waals surface area contributed by atoms with Gasteiger partial charge in [0.1, 0.15) is 0 Å². The first kappa shape index (κ1) is 22.4. The molecular weight excluding hydrogens is 444 g/mol. The maximum Gasteiger partial charge on any atom is 3.00 e. The smallest absolute Gasteiger partial charge is 0.356 e. The minimum Gasteiger partial charge on any atom is -0.356 e. The van der Waals surface area contributed by atoms with Gasteiger partial charge in [0.15, 0.2) is 0 Å². The van der Waals surface area contributed by atoms with Crippen molar-refractivity contribution in [3.05, 3.63) is 30.6 Å². The minimum absolute atomic E-state index is 0. The van der Waals surface area contributed by atoms with E-state index < -0.39 is 10.2 Å². The van der Waals surface area contributed by atoms with E-state index in [4.69, 9.17) is 30.6 Å². The number of hydrogen-bond donors (Lipinski definition) is 0. The van der Waals surface area contributed by atoms with E-state index in [0.29, 0.717) is 0 Å². The second-order valence-electron chi connectivity index (χ2n) is 0.447. The van der Waals surface area contributed by atoms with Crippen molar-refractivity contribution < 1.29 is 88.3 Å². The third-order valence-corrected chi connectivity index (χ3v) is 0. The Balaban J connectivity index is -0.0000000300. The molecule has 0 rings (SSSR count). The molecule has 0 aromatic rings. The van der Waals surface area contributed by atoms with E-state index in [0.717, 1.165) is 0 Å². The third kappa shape index (κ3) is 578. The van der Waals surface area contributed by atoms with Gasteiger partial charge in [-0.15, -0.1) is 0 Å². The van der Waals surface area contributed by atoms with Crippen LogP contribution < -0.4 is 0 Å². The second-order valence-corrected chi connectivity index (χ2v) is 0.447. The Morgan fingerprint density at radius 3 is 0.800 bits per heavy atom.